The van der Waals surface area contributed by atoms with Crippen molar-refractivity contribution in [3.63, 3.8) is 0 Å². The van der Waals surface area contributed by atoms with Gasteiger partial charge in [-0.1, -0.05) is 196 Å². The van der Waals surface area contributed by atoms with Crippen molar-refractivity contribution in [1.82, 2.24) is 24.9 Å². The van der Waals surface area contributed by atoms with Gasteiger partial charge < -0.3 is 4.42 Å². The molecule has 0 radical (unpaired) electrons. The number of fused-ring (bicyclic) bond motifs is 15. The normalized spacial score (nSPS) is 13.9. The Hall–Kier alpha value is -8.91. The minimum Gasteiger partial charge on any atom is -0.452 e. The molecule has 6 nitrogen and oxygen atoms in total. The van der Waals surface area contributed by atoms with Gasteiger partial charge in [-0.05, 0) is 74.8 Å². The Kier molecular flexibility index (Phi) is 8.69. The summed E-state index contributed by atoms with van der Waals surface area (Å²) in [5, 5.41) is 3.44. The molecule has 0 atom stereocenters. The van der Waals surface area contributed by atoms with Gasteiger partial charge in [0.05, 0.1) is 5.41 Å². The van der Waals surface area contributed by atoms with Crippen molar-refractivity contribution in [2.45, 2.75) is 24.7 Å². The fourth-order valence-electron chi connectivity index (χ4n) is 12.0. The first kappa shape index (κ1) is 40.9. The number of furan rings is 1. The topological polar surface area (TPSA) is 77.6 Å². The number of hydrogen-bond acceptors (Lipinski definition) is 7. The van der Waals surface area contributed by atoms with Crippen molar-refractivity contribution in [2.75, 3.05) is 0 Å². The van der Waals surface area contributed by atoms with Gasteiger partial charge in [0.1, 0.15) is 16.8 Å². The molecule has 1 spiro atoms. The molecule has 4 heterocycles. The minimum atomic E-state index is -0.671. The Bertz CT molecular complexity index is 4280. The van der Waals surface area contributed by atoms with E-state index in [0.29, 0.717) is 28.9 Å². The number of aromatic nitrogens is 5. The zero-order valence-corrected chi connectivity index (χ0v) is 40.1. The van der Waals surface area contributed by atoms with Gasteiger partial charge >= 0.3 is 0 Å². The second-order valence-corrected chi connectivity index (χ2v) is 20.6. The number of rotatable bonds is 5. The van der Waals surface area contributed by atoms with E-state index in [1.54, 1.807) is 11.3 Å². The molecule has 0 saturated carbocycles. The maximum Gasteiger partial charge on any atom is 0.180 e. The third kappa shape index (κ3) is 5.80. The molecule has 0 saturated heterocycles. The Morgan fingerprint density at radius 2 is 0.944 bits per heavy atom. The van der Waals surface area contributed by atoms with Gasteiger partial charge in [0.15, 0.2) is 28.9 Å². The van der Waals surface area contributed by atoms with Crippen LogP contribution in [0, 0.1) is 0 Å². The number of thiophene rings is 1. The molecule has 7 heteroatoms. The fourth-order valence-corrected chi connectivity index (χ4v) is 13.1. The molecular weight excluding hydrogens is 899 g/mol. The van der Waals surface area contributed by atoms with Crippen molar-refractivity contribution < 1.29 is 4.42 Å². The van der Waals surface area contributed by atoms with Crippen LogP contribution in [0.3, 0.4) is 0 Å². The molecule has 0 amide bonds. The Labute approximate surface area is 419 Å². The third-order valence-corrected chi connectivity index (χ3v) is 16.4. The van der Waals surface area contributed by atoms with Crippen molar-refractivity contribution in [3.05, 3.63) is 246 Å². The van der Waals surface area contributed by atoms with Crippen molar-refractivity contribution in [2.24, 2.45) is 0 Å². The summed E-state index contributed by atoms with van der Waals surface area (Å²) in [5.74, 6) is 2.45. The lowest BCUT2D eigenvalue weighted by Crippen LogP contribution is -2.40. The standard InChI is InChI=1S/C65H41N5OS/c1-64(2)48-25-11-13-27-50(48)65(51-28-14-12-26-49(51)64)47-35-33-41(36-46(47)56-45(24-17-29-52(56)65)63-69-60(38-18-5-3-6-19-38)68-61(70-63)39-20-7-4-8-21-39)62-66-57(59-58(67-62)44-23-9-15-30-53(44)71-59)40-32-34-43-42-22-10-16-31-54(42)72-55(43)37-40/h3-37H,1-2H3. The predicted molar refractivity (Wildman–Crippen MR) is 292 cm³/mol. The lowest BCUT2D eigenvalue weighted by molar-refractivity contribution is 0.563. The average molecular weight is 940 g/mol. The van der Waals surface area contributed by atoms with E-state index >= 15 is 0 Å². The first-order valence-corrected chi connectivity index (χ1v) is 25.2. The van der Waals surface area contributed by atoms with E-state index in [-0.39, 0.29) is 5.41 Å². The molecule has 4 aromatic heterocycles. The molecule has 0 fully saturated rings. The fraction of sp³-hybridized carbons (Fsp3) is 0.0615. The molecule has 2 aliphatic rings. The summed E-state index contributed by atoms with van der Waals surface area (Å²) < 4.78 is 9.14. The number of nitrogens with zero attached hydrogens (tertiary/aromatic N) is 5. The van der Waals surface area contributed by atoms with E-state index in [4.69, 9.17) is 29.3 Å². The van der Waals surface area contributed by atoms with Crippen molar-refractivity contribution in [1.29, 1.82) is 0 Å². The van der Waals surface area contributed by atoms with Crippen LogP contribution in [0.25, 0.3) is 110 Å². The van der Waals surface area contributed by atoms with Gasteiger partial charge in [0.2, 0.25) is 0 Å². The third-order valence-electron chi connectivity index (χ3n) is 15.2. The lowest BCUT2D eigenvalue weighted by Gasteiger charge is -2.46. The molecule has 338 valence electrons. The largest absolute Gasteiger partial charge is 0.452 e. The van der Waals surface area contributed by atoms with Crippen LogP contribution in [-0.4, -0.2) is 24.9 Å². The summed E-state index contributed by atoms with van der Waals surface area (Å²) in [4.78, 5) is 26.8. The first-order valence-electron chi connectivity index (χ1n) is 24.4. The Balaban J connectivity index is 1.02. The summed E-state index contributed by atoms with van der Waals surface area (Å²) in [6, 6.07) is 75.5. The molecule has 0 bridgehead atoms. The Morgan fingerprint density at radius 1 is 0.375 bits per heavy atom. The van der Waals surface area contributed by atoms with Crippen LogP contribution in [0.1, 0.15) is 47.2 Å². The quantitative estimate of drug-likeness (QED) is 0.171. The molecule has 9 aromatic carbocycles. The average Bonchev–Trinajstić information content (AvgIpc) is 4.11. The van der Waals surface area contributed by atoms with E-state index < -0.39 is 5.41 Å². The van der Waals surface area contributed by atoms with Crippen molar-refractivity contribution >= 4 is 53.6 Å². The molecule has 15 rings (SSSR count). The van der Waals surface area contributed by atoms with Gasteiger partial charge in [-0.15, -0.1) is 11.3 Å². The first-order chi connectivity index (χ1) is 35.4. The van der Waals surface area contributed by atoms with Gasteiger partial charge in [0.25, 0.3) is 0 Å². The summed E-state index contributed by atoms with van der Waals surface area (Å²) >= 11 is 1.80. The highest BCUT2D eigenvalue weighted by Crippen LogP contribution is 2.63. The summed E-state index contributed by atoms with van der Waals surface area (Å²) in [5.41, 5.74) is 16.4. The van der Waals surface area contributed by atoms with Crippen LogP contribution in [-0.2, 0) is 10.8 Å². The van der Waals surface area contributed by atoms with Gasteiger partial charge in [0, 0.05) is 58.8 Å². The van der Waals surface area contributed by atoms with Crippen LogP contribution in [0.15, 0.2) is 217 Å². The molecule has 2 aliphatic carbocycles. The van der Waals surface area contributed by atoms with Gasteiger partial charge in [-0.25, -0.2) is 24.9 Å². The maximum atomic E-state index is 6.69. The van der Waals surface area contributed by atoms with Crippen LogP contribution in [0.5, 0.6) is 0 Å². The minimum absolute atomic E-state index is 0.256. The highest BCUT2D eigenvalue weighted by atomic mass is 32.1. The van der Waals surface area contributed by atoms with E-state index in [0.717, 1.165) is 61.1 Å². The maximum absolute atomic E-state index is 6.69. The molecule has 0 aliphatic heterocycles. The second-order valence-electron chi connectivity index (χ2n) is 19.5. The van der Waals surface area contributed by atoms with Gasteiger partial charge in [-0.3, -0.25) is 0 Å². The number of para-hydroxylation sites is 1. The van der Waals surface area contributed by atoms with Crippen LogP contribution in [0.2, 0.25) is 0 Å². The molecule has 13 aromatic rings. The molecule has 0 unspecified atom stereocenters. The zero-order valence-electron chi connectivity index (χ0n) is 39.3. The predicted octanol–water partition coefficient (Wildman–Crippen LogP) is 16.3. The van der Waals surface area contributed by atoms with Crippen LogP contribution >= 0.6 is 11.3 Å². The number of benzene rings is 9. The van der Waals surface area contributed by atoms with Crippen molar-refractivity contribution in [3.8, 4) is 67.9 Å². The molecule has 72 heavy (non-hydrogen) atoms. The smallest absolute Gasteiger partial charge is 0.180 e. The highest BCUT2D eigenvalue weighted by molar-refractivity contribution is 7.25. The summed E-state index contributed by atoms with van der Waals surface area (Å²) in [7, 11) is 0. The second kappa shape index (κ2) is 15.3. The van der Waals surface area contributed by atoms with Crippen LogP contribution in [0.4, 0.5) is 0 Å². The Morgan fingerprint density at radius 3 is 1.67 bits per heavy atom. The monoisotopic (exact) mass is 939 g/mol. The molecular formula is C65H41N5OS. The number of hydrogen-bond donors (Lipinski definition) is 0. The van der Waals surface area contributed by atoms with E-state index in [1.165, 1.54) is 53.6 Å². The van der Waals surface area contributed by atoms with Crippen LogP contribution < -0.4 is 0 Å². The van der Waals surface area contributed by atoms with Gasteiger partial charge in [-0.2, -0.15) is 0 Å². The zero-order chi connectivity index (χ0) is 47.7. The van der Waals surface area contributed by atoms with E-state index in [1.807, 2.05) is 54.6 Å². The lowest BCUT2D eigenvalue weighted by atomic mass is 9.55. The highest BCUT2D eigenvalue weighted by Gasteiger charge is 2.54. The summed E-state index contributed by atoms with van der Waals surface area (Å²) in [6.45, 7) is 4.72. The molecule has 0 N–H and O–H groups in total. The van der Waals surface area contributed by atoms with E-state index in [2.05, 4.69) is 172 Å². The SMILES string of the molecule is CC1(C)c2ccccc2C2(c3ccc(-c4nc(-c5ccc6c(c5)sc5ccccc56)c5oc6ccccc6c5n4)cc3-c3c(-c4nc(-c5ccccc5)nc(-c5ccccc5)n4)cccc32)c2ccccc21. The summed E-state index contributed by atoms with van der Waals surface area (Å²) in [6.07, 6.45) is 0. The van der Waals surface area contributed by atoms with E-state index in [9.17, 15) is 0 Å².